The Bertz CT molecular complexity index is 1010. The fourth-order valence-corrected chi connectivity index (χ4v) is 2.24. The second-order valence-electron chi connectivity index (χ2n) is 5.38. The highest BCUT2D eigenvalue weighted by Gasteiger charge is 1.93. The normalized spacial score (nSPS) is 9.63. The number of rotatable bonds is 0. The monoisotopic (exact) mass is 354 g/mol. The number of anilines is 1. The van der Waals surface area contributed by atoms with Gasteiger partial charge >= 0.3 is 0 Å². The zero-order valence-corrected chi connectivity index (χ0v) is 14.6. The summed E-state index contributed by atoms with van der Waals surface area (Å²) >= 11 is 0. The lowest BCUT2D eigenvalue weighted by Gasteiger charge is -1.94. The molecule has 0 unspecified atom stereocenters. The number of nitrogens with two attached hydrogens (primary N) is 1. The number of hydrogen-bond acceptors (Lipinski definition) is 6. The van der Waals surface area contributed by atoms with Crippen molar-refractivity contribution in [1.82, 2.24) is 24.9 Å². The van der Waals surface area contributed by atoms with Crippen molar-refractivity contribution < 1.29 is 0 Å². The van der Waals surface area contributed by atoms with Crippen LogP contribution in [0.4, 0.5) is 5.82 Å². The molecule has 5 aromatic rings. The maximum Gasteiger partial charge on any atom is 0.142 e. The molecule has 0 saturated carbocycles. The number of pyridine rings is 1. The standard InChI is InChI=1S/C9H7N.C8H7N3.C4H4N2/c1-2-6-9-8(4-1)5-3-7-10-9;9-8-5-10-6-3-1-2-4-7(6)11-8;1-2-5-4-6-3-1/h1-7H;1-5H,(H2,9,11);1-4H. The van der Waals surface area contributed by atoms with E-state index in [-0.39, 0.29) is 0 Å². The van der Waals surface area contributed by atoms with Crippen molar-refractivity contribution in [3.8, 4) is 0 Å². The molecule has 5 rings (SSSR count). The lowest BCUT2D eigenvalue weighted by molar-refractivity contribution is 1.17. The molecule has 0 fully saturated rings. The fourth-order valence-electron chi connectivity index (χ4n) is 2.24. The molecule has 132 valence electrons. The quantitative estimate of drug-likeness (QED) is 0.453. The Morgan fingerprint density at radius 2 is 1.26 bits per heavy atom. The summed E-state index contributed by atoms with van der Waals surface area (Å²) in [4.78, 5) is 19.7. The van der Waals surface area contributed by atoms with Gasteiger partial charge in [0.1, 0.15) is 12.1 Å². The van der Waals surface area contributed by atoms with Gasteiger partial charge in [0.05, 0.1) is 22.7 Å². The average Bonchev–Trinajstić information content (AvgIpc) is 2.76. The van der Waals surface area contributed by atoms with Gasteiger partial charge in [0.2, 0.25) is 0 Å². The summed E-state index contributed by atoms with van der Waals surface area (Å²) in [6.45, 7) is 0. The number of hydrogen-bond donors (Lipinski definition) is 1. The zero-order valence-electron chi connectivity index (χ0n) is 14.6. The maximum atomic E-state index is 5.45. The number of aromatic nitrogens is 5. The minimum atomic E-state index is 0.462. The summed E-state index contributed by atoms with van der Waals surface area (Å²) in [5.74, 6) is 0.462. The minimum absolute atomic E-state index is 0.462. The van der Waals surface area contributed by atoms with Gasteiger partial charge < -0.3 is 5.73 Å². The maximum absolute atomic E-state index is 5.45. The molecule has 3 aromatic heterocycles. The second kappa shape index (κ2) is 9.53. The average molecular weight is 354 g/mol. The van der Waals surface area contributed by atoms with E-state index in [1.807, 2.05) is 54.7 Å². The van der Waals surface area contributed by atoms with Crippen LogP contribution in [0.25, 0.3) is 21.9 Å². The van der Waals surface area contributed by atoms with E-state index in [4.69, 9.17) is 5.73 Å². The molecule has 0 radical (unpaired) electrons. The Hall–Kier alpha value is -3.93. The van der Waals surface area contributed by atoms with Crippen LogP contribution in [0.15, 0.2) is 97.8 Å². The Morgan fingerprint density at radius 1 is 0.593 bits per heavy atom. The summed E-state index contributed by atoms with van der Waals surface area (Å²) in [6, 6.07) is 21.5. The molecule has 6 nitrogen and oxygen atoms in total. The van der Waals surface area contributed by atoms with Gasteiger partial charge in [0, 0.05) is 24.0 Å². The van der Waals surface area contributed by atoms with Crippen molar-refractivity contribution in [2.24, 2.45) is 0 Å². The molecule has 0 atom stereocenters. The molecule has 27 heavy (non-hydrogen) atoms. The van der Waals surface area contributed by atoms with Crippen molar-refractivity contribution in [3.05, 3.63) is 97.8 Å². The van der Waals surface area contributed by atoms with Crippen LogP contribution in [0, 0.1) is 0 Å². The first kappa shape index (κ1) is 17.9. The van der Waals surface area contributed by atoms with Gasteiger partial charge in [-0.3, -0.25) is 9.97 Å². The van der Waals surface area contributed by atoms with E-state index in [0.717, 1.165) is 16.6 Å². The van der Waals surface area contributed by atoms with E-state index in [1.165, 1.54) is 11.7 Å². The number of benzene rings is 2. The Morgan fingerprint density at radius 3 is 1.93 bits per heavy atom. The first-order valence-corrected chi connectivity index (χ1v) is 8.30. The smallest absolute Gasteiger partial charge is 0.142 e. The largest absolute Gasteiger partial charge is 0.382 e. The fraction of sp³-hybridized carbons (Fsp3) is 0. The Balaban J connectivity index is 0.000000122. The molecule has 0 aliphatic rings. The molecule has 0 saturated heterocycles. The molecular weight excluding hydrogens is 336 g/mol. The molecule has 2 N–H and O–H groups in total. The van der Waals surface area contributed by atoms with Crippen LogP contribution in [0.3, 0.4) is 0 Å². The molecular formula is C21H18N6. The molecule has 0 spiro atoms. The predicted molar refractivity (Wildman–Crippen MR) is 108 cm³/mol. The molecule has 0 aliphatic carbocycles. The molecule has 0 aliphatic heterocycles. The molecule has 6 heteroatoms. The Labute approximate surface area is 156 Å². The van der Waals surface area contributed by atoms with Crippen LogP contribution in [0.2, 0.25) is 0 Å². The summed E-state index contributed by atoms with van der Waals surface area (Å²) < 4.78 is 0. The van der Waals surface area contributed by atoms with Crippen LogP contribution in [0.1, 0.15) is 0 Å². The predicted octanol–water partition coefficient (Wildman–Crippen LogP) is 3.92. The lowest BCUT2D eigenvalue weighted by atomic mass is 10.2. The van der Waals surface area contributed by atoms with Gasteiger partial charge in [-0.1, -0.05) is 36.4 Å². The number of nitrogens with zero attached hydrogens (tertiary/aromatic N) is 5. The van der Waals surface area contributed by atoms with Gasteiger partial charge in [-0.05, 0) is 30.3 Å². The third-order valence-corrected chi connectivity index (χ3v) is 3.46. The van der Waals surface area contributed by atoms with E-state index in [2.05, 4.69) is 37.1 Å². The topological polar surface area (TPSA) is 90.5 Å². The van der Waals surface area contributed by atoms with Crippen LogP contribution in [0.5, 0.6) is 0 Å². The summed E-state index contributed by atoms with van der Waals surface area (Å²) in [5.41, 5.74) is 8.23. The van der Waals surface area contributed by atoms with E-state index in [1.54, 1.807) is 24.7 Å². The highest BCUT2D eigenvalue weighted by molar-refractivity contribution is 5.77. The third-order valence-electron chi connectivity index (χ3n) is 3.46. The summed E-state index contributed by atoms with van der Waals surface area (Å²) in [5, 5.41) is 1.20. The van der Waals surface area contributed by atoms with E-state index < -0.39 is 0 Å². The van der Waals surface area contributed by atoms with Crippen LogP contribution < -0.4 is 5.73 Å². The second-order valence-corrected chi connectivity index (χ2v) is 5.38. The van der Waals surface area contributed by atoms with E-state index >= 15 is 0 Å². The Kier molecular flexibility index (Phi) is 6.31. The first-order valence-electron chi connectivity index (χ1n) is 8.30. The van der Waals surface area contributed by atoms with E-state index in [0.29, 0.717) is 5.82 Å². The van der Waals surface area contributed by atoms with Crippen molar-refractivity contribution in [2.75, 3.05) is 5.73 Å². The molecule has 2 aromatic carbocycles. The van der Waals surface area contributed by atoms with Crippen LogP contribution in [-0.4, -0.2) is 24.9 Å². The van der Waals surface area contributed by atoms with Crippen LogP contribution >= 0.6 is 0 Å². The van der Waals surface area contributed by atoms with Crippen molar-refractivity contribution in [3.63, 3.8) is 0 Å². The SMILES string of the molecule is Nc1cnc2ccccc2n1.c1ccc2ncccc2c1.c1cncnc1. The third kappa shape index (κ3) is 5.54. The van der Waals surface area contributed by atoms with Gasteiger partial charge in [-0.25, -0.2) is 15.0 Å². The lowest BCUT2D eigenvalue weighted by Crippen LogP contribution is -1.91. The first-order chi connectivity index (χ1) is 13.3. The van der Waals surface area contributed by atoms with E-state index in [9.17, 15) is 0 Å². The number of para-hydroxylation sites is 3. The van der Waals surface area contributed by atoms with Crippen molar-refractivity contribution >= 4 is 27.8 Å². The highest BCUT2D eigenvalue weighted by atomic mass is 14.9. The van der Waals surface area contributed by atoms with Gasteiger partial charge in [-0.15, -0.1) is 0 Å². The molecule has 3 heterocycles. The van der Waals surface area contributed by atoms with Gasteiger partial charge in [0.15, 0.2) is 0 Å². The number of nitrogen functional groups attached to an aromatic ring is 1. The number of fused-ring (bicyclic) bond motifs is 2. The van der Waals surface area contributed by atoms with Crippen molar-refractivity contribution in [1.29, 1.82) is 0 Å². The minimum Gasteiger partial charge on any atom is -0.382 e. The molecule has 0 bridgehead atoms. The summed E-state index contributed by atoms with van der Waals surface area (Å²) in [6.07, 6.45) is 8.24. The zero-order chi connectivity index (χ0) is 18.7. The van der Waals surface area contributed by atoms with Gasteiger partial charge in [-0.2, -0.15) is 0 Å². The van der Waals surface area contributed by atoms with Crippen molar-refractivity contribution in [2.45, 2.75) is 0 Å². The molecule has 0 amide bonds. The highest BCUT2D eigenvalue weighted by Crippen LogP contribution is 2.09. The van der Waals surface area contributed by atoms with Crippen LogP contribution in [-0.2, 0) is 0 Å². The van der Waals surface area contributed by atoms with Gasteiger partial charge in [0.25, 0.3) is 0 Å². The summed E-state index contributed by atoms with van der Waals surface area (Å²) in [7, 11) is 0.